The lowest BCUT2D eigenvalue weighted by Crippen LogP contribution is -2.40. The maximum atomic E-state index is 15.3. The zero-order chi connectivity index (χ0) is 27.1. The van der Waals surface area contributed by atoms with Crippen LogP contribution in [0.4, 0.5) is 27.6 Å². The Balaban J connectivity index is 1.47. The molecule has 0 spiro atoms. The average molecular weight is 592 g/mol. The Bertz CT molecular complexity index is 1820. The van der Waals surface area contributed by atoms with E-state index in [1.165, 1.54) is 11.0 Å². The van der Waals surface area contributed by atoms with Gasteiger partial charge in [0.15, 0.2) is 0 Å². The number of anilines is 1. The molecule has 5 aromatic carbocycles. The van der Waals surface area contributed by atoms with E-state index in [-0.39, 0.29) is 11.1 Å². The van der Waals surface area contributed by atoms with Crippen molar-refractivity contribution in [2.45, 2.75) is 23.6 Å². The highest BCUT2D eigenvalue weighted by molar-refractivity contribution is 9.10. The molecule has 0 amide bonds. The molecule has 0 radical (unpaired) electrons. The SMILES string of the molecule is FC(F)=C(c1ccc2ccccc2c1)N1c2ccc(Br)cc2[C@H]2[C@@H]1[C@]2(c1ccc2ccccc2c1)C(F)(F)F. The van der Waals surface area contributed by atoms with Crippen molar-refractivity contribution in [1.29, 1.82) is 0 Å². The molecule has 3 atom stereocenters. The zero-order valence-corrected chi connectivity index (χ0v) is 21.8. The predicted octanol–water partition coefficient (Wildman–Crippen LogP) is 9.81. The first-order valence-electron chi connectivity index (χ1n) is 12.4. The molecule has 39 heavy (non-hydrogen) atoms. The van der Waals surface area contributed by atoms with Crippen LogP contribution in [0.25, 0.3) is 27.2 Å². The van der Waals surface area contributed by atoms with E-state index in [4.69, 9.17) is 0 Å². The minimum Gasteiger partial charge on any atom is -0.331 e. The summed E-state index contributed by atoms with van der Waals surface area (Å²) in [4.78, 5) is 1.23. The second kappa shape index (κ2) is 8.39. The van der Waals surface area contributed by atoms with E-state index >= 15 is 13.2 Å². The minimum atomic E-state index is -4.69. The van der Waals surface area contributed by atoms with Gasteiger partial charge < -0.3 is 4.90 Å². The number of halogens is 6. The molecule has 0 N–H and O–H groups in total. The number of hydrogen-bond donors (Lipinski definition) is 0. The Morgan fingerprint density at radius 1 is 0.718 bits per heavy atom. The summed E-state index contributed by atoms with van der Waals surface area (Å²) in [6.07, 6.45) is -6.72. The maximum Gasteiger partial charge on any atom is 0.401 e. The molecule has 0 saturated heterocycles. The molecule has 1 nitrogen and oxygen atoms in total. The number of alkyl halides is 3. The third kappa shape index (κ3) is 3.42. The fourth-order valence-electron chi connectivity index (χ4n) is 6.52. The molecule has 0 bridgehead atoms. The topological polar surface area (TPSA) is 3.24 Å². The molecule has 1 fully saturated rings. The number of fused-ring (bicyclic) bond motifs is 5. The lowest BCUT2D eigenvalue weighted by Gasteiger charge is -2.33. The third-order valence-electron chi connectivity index (χ3n) is 8.17. The van der Waals surface area contributed by atoms with Crippen LogP contribution in [0.2, 0.25) is 0 Å². The van der Waals surface area contributed by atoms with E-state index in [9.17, 15) is 8.78 Å². The first kappa shape index (κ1) is 24.3. The summed E-state index contributed by atoms with van der Waals surface area (Å²) in [6, 6.07) is 27.8. The van der Waals surface area contributed by atoms with Crippen LogP contribution >= 0.6 is 15.9 Å². The van der Waals surface area contributed by atoms with Gasteiger partial charge in [0.1, 0.15) is 11.1 Å². The number of rotatable bonds is 3. The Morgan fingerprint density at radius 3 is 1.97 bits per heavy atom. The van der Waals surface area contributed by atoms with Crippen molar-refractivity contribution in [2.75, 3.05) is 4.90 Å². The van der Waals surface area contributed by atoms with Crippen LogP contribution in [0.15, 0.2) is 114 Å². The van der Waals surface area contributed by atoms with E-state index in [0.29, 0.717) is 21.1 Å². The van der Waals surface area contributed by atoms with Gasteiger partial charge in [-0.15, -0.1) is 0 Å². The standard InChI is InChI=1S/C32H19BrF5N/c33-24-13-14-26-25(17-24)27-29(31(27,32(36,37)38)23-12-11-19-6-2-4-8-21(19)16-23)39(26)28(30(34)35)22-10-9-18-5-1-3-7-20(18)15-22/h1-17,27,29H/t27-,29+,31+/m0/s1. The second-order valence-corrected chi connectivity index (χ2v) is 11.0. The minimum absolute atomic E-state index is 0.0800. The maximum absolute atomic E-state index is 15.3. The molecule has 2 aliphatic rings. The summed E-state index contributed by atoms with van der Waals surface area (Å²) >= 11 is 3.39. The summed E-state index contributed by atoms with van der Waals surface area (Å²) in [7, 11) is 0. The highest BCUT2D eigenvalue weighted by atomic mass is 79.9. The van der Waals surface area contributed by atoms with E-state index < -0.39 is 35.3 Å². The number of benzene rings is 5. The molecule has 0 unspecified atom stereocenters. The highest BCUT2D eigenvalue weighted by Crippen LogP contribution is 2.76. The molecule has 0 aromatic heterocycles. The summed E-state index contributed by atoms with van der Waals surface area (Å²) in [6.45, 7) is 0. The Hall–Kier alpha value is -3.71. The molecule has 1 aliphatic carbocycles. The molecular formula is C32H19BrF5N. The summed E-state index contributed by atoms with van der Waals surface area (Å²) in [5, 5.41) is 3.08. The predicted molar refractivity (Wildman–Crippen MR) is 148 cm³/mol. The molecular weight excluding hydrogens is 573 g/mol. The van der Waals surface area contributed by atoms with Crippen molar-refractivity contribution in [3.63, 3.8) is 0 Å². The van der Waals surface area contributed by atoms with Crippen LogP contribution in [-0.2, 0) is 5.41 Å². The normalized spacial score (nSPS) is 21.6. The van der Waals surface area contributed by atoms with Gasteiger partial charge in [-0.2, -0.15) is 22.0 Å². The van der Waals surface area contributed by atoms with Gasteiger partial charge >= 0.3 is 6.18 Å². The van der Waals surface area contributed by atoms with Gasteiger partial charge in [0.2, 0.25) is 0 Å². The van der Waals surface area contributed by atoms with Gasteiger partial charge in [0.25, 0.3) is 6.08 Å². The van der Waals surface area contributed by atoms with E-state index in [0.717, 1.165) is 16.2 Å². The monoisotopic (exact) mass is 591 g/mol. The van der Waals surface area contributed by atoms with Crippen LogP contribution < -0.4 is 4.90 Å². The van der Waals surface area contributed by atoms with Gasteiger partial charge in [-0.25, -0.2) is 0 Å². The van der Waals surface area contributed by atoms with Crippen molar-refractivity contribution in [1.82, 2.24) is 0 Å². The summed E-state index contributed by atoms with van der Waals surface area (Å²) < 4.78 is 76.3. The Labute approximate surface area is 229 Å². The Morgan fingerprint density at radius 2 is 1.33 bits per heavy atom. The van der Waals surface area contributed by atoms with Gasteiger partial charge in [0, 0.05) is 21.6 Å². The van der Waals surface area contributed by atoms with Gasteiger partial charge in [0.05, 0.1) is 6.04 Å². The van der Waals surface area contributed by atoms with Crippen molar-refractivity contribution >= 4 is 48.9 Å². The van der Waals surface area contributed by atoms with E-state index in [2.05, 4.69) is 15.9 Å². The quantitative estimate of drug-likeness (QED) is 0.189. The van der Waals surface area contributed by atoms with Crippen LogP contribution in [0.1, 0.15) is 22.6 Å². The lowest BCUT2D eigenvalue weighted by atomic mass is 9.86. The van der Waals surface area contributed by atoms with Crippen molar-refractivity contribution < 1.29 is 22.0 Å². The van der Waals surface area contributed by atoms with Crippen LogP contribution in [0.3, 0.4) is 0 Å². The van der Waals surface area contributed by atoms with Crippen molar-refractivity contribution in [3.8, 4) is 0 Å². The second-order valence-electron chi connectivity index (χ2n) is 10.1. The first-order valence-corrected chi connectivity index (χ1v) is 13.2. The van der Waals surface area contributed by atoms with E-state index in [1.54, 1.807) is 72.8 Å². The van der Waals surface area contributed by atoms with Crippen molar-refractivity contribution in [2.24, 2.45) is 0 Å². The fraction of sp³-hybridized carbons (Fsp3) is 0.125. The molecule has 1 heterocycles. The Kier molecular flexibility index (Phi) is 5.24. The lowest BCUT2D eigenvalue weighted by molar-refractivity contribution is -0.163. The van der Waals surface area contributed by atoms with Crippen LogP contribution in [-0.4, -0.2) is 12.2 Å². The van der Waals surface area contributed by atoms with E-state index in [1.807, 2.05) is 24.3 Å². The smallest absolute Gasteiger partial charge is 0.331 e. The van der Waals surface area contributed by atoms with Crippen LogP contribution in [0, 0.1) is 0 Å². The largest absolute Gasteiger partial charge is 0.401 e. The van der Waals surface area contributed by atoms with Crippen molar-refractivity contribution in [3.05, 3.63) is 130 Å². The van der Waals surface area contributed by atoms with Crippen LogP contribution in [0.5, 0.6) is 0 Å². The molecule has 7 heteroatoms. The van der Waals surface area contributed by atoms with Gasteiger partial charge in [-0.3, -0.25) is 0 Å². The number of hydrogen-bond acceptors (Lipinski definition) is 1. The molecule has 5 aromatic rings. The number of nitrogens with zero attached hydrogens (tertiary/aromatic N) is 1. The zero-order valence-electron chi connectivity index (χ0n) is 20.2. The molecule has 1 saturated carbocycles. The third-order valence-corrected chi connectivity index (χ3v) is 8.66. The fourth-order valence-corrected chi connectivity index (χ4v) is 6.90. The average Bonchev–Trinajstić information content (AvgIpc) is 3.53. The van der Waals surface area contributed by atoms with Gasteiger partial charge in [-0.1, -0.05) is 94.8 Å². The summed E-state index contributed by atoms with van der Waals surface area (Å²) in [5.74, 6) is -1.04. The first-order chi connectivity index (χ1) is 18.7. The summed E-state index contributed by atoms with van der Waals surface area (Å²) in [5.41, 5.74) is -1.82. The molecule has 7 rings (SSSR count). The van der Waals surface area contributed by atoms with Gasteiger partial charge in [-0.05, 0) is 56.9 Å². The molecule has 194 valence electrons. The molecule has 1 aliphatic heterocycles. The highest BCUT2D eigenvalue weighted by Gasteiger charge is 2.83.